The van der Waals surface area contributed by atoms with Gasteiger partial charge in [-0.25, -0.2) is 17.2 Å². The second-order valence-electron chi connectivity index (χ2n) is 9.55. The van der Waals surface area contributed by atoms with Crippen molar-refractivity contribution in [3.8, 4) is 0 Å². The molecule has 1 N–H and O–H groups in total. The first kappa shape index (κ1) is 29.6. The molecule has 0 radical (unpaired) electrons. The van der Waals surface area contributed by atoms with Gasteiger partial charge in [0.15, 0.2) is 9.84 Å². The molecule has 2 aliphatic rings. The van der Waals surface area contributed by atoms with Gasteiger partial charge < -0.3 is 5.32 Å². The predicted octanol–water partition coefficient (Wildman–Crippen LogP) is 6.64. The van der Waals surface area contributed by atoms with E-state index < -0.39 is 50.0 Å². The lowest BCUT2D eigenvalue weighted by molar-refractivity contribution is -0.348. The second kappa shape index (κ2) is 9.37. The van der Waals surface area contributed by atoms with E-state index in [4.69, 9.17) is 0 Å². The van der Waals surface area contributed by atoms with Crippen LogP contribution in [0.4, 0.5) is 35.1 Å². The Hall–Kier alpha value is -1.92. The number of aryl methyl sites for hydroxylation is 1. The maximum absolute atomic E-state index is 14.7. The summed E-state index contributed by atoms with van der Waals surface area (Å²) in [5.74, 6) is -0.950. The van der Waals surface area contributed by atoms with Crippen molar-refractivity contribution in [3.05, 3.63) is 64.5 Å². The van der Waals surface area contributed by atoms with Crippen LogP contribution in [0.2, 0.25) is 0 Å². The van der Waals surface area contributed by atoms with Gasteiger partial charge in [0.25, 0.3) is 0 Å². The Morgan fingerprint density at radius 3 is 2.16 bits per heavy atom. The third-order valence-corrected chi connectivity index (χ3v) is 9.81. The molecule has 0 aromatic heterocycles. The fourth-order valence-corrected chi connectivity index (χ4v) is 7.84. The van der Waals surface area contributed by atoms with Crippen molar-refractivity contribution in [1.29, 1.82) is 0 Å². The molecule has 37 heavy (non-hydrogen) atoms. The smallest absolute Gasteiger partial charge is 0.312 e. The highest BCUT2D eigenvalue weighted by atomic mass is 35.5. The van der Waals surface area contributed by atoms with Crippen LogP contribution in [0, 0.1) is 5.82 Å². The Balaban J connectivity index is 0.00000380. The molecule has 1 aliphatic heterocycles. The standard InChI is InChI=1S/C24H23F8NO2S.ClH/c1-13(2)17-12-16(5-7-19(17)25)36(34,35)21-9-10-33-20(21)8-3-14-11-15(4-6-18(14)21)22(26,23(27,28)29)24(30,31)32;/h4-7,11-13,20,33H,3,8-10H2,1-2H3;1H. The highest BCUT2D eigenvalue weighted by Gasteiger charge is 2.73. The van der Waals surface area contributed by atoms with Crippen molar-refractivity contribution in [1.82, 2.24) is 5.32 Å². The Kier molecular flexibility index (Phi) is 7.51. The zero-order chi connectivity index (χ0) is 26.9. The predicted molar refractivity (Wildman–Crippen MR) is 123 cm³/mol. The van der Waals surface area contributed by atoms with Crippen molar-refractivity contribution in [3.63, 3.8) is 0 Å². The maximum atomic E-state index is 14.7. The molecule has 1 fully saturated rings. The number of rotatable bonds is 4. The van der Waals surface area contributed by atoms with E-state index in [0.29, 0.717) is 12.1 Å². The number of fused-ring (bicyclic) bond motifs is 3. The average Bonchev–Trinajstić information content (AvgIpc) is 3.23. The highest BCUT2D eigenvalue weighted by molar-refractivity contribution is 7.92. The van der Waals surface area contributed by atoms with E-state index in [1.54, 1.807) is 13.8 Å². The van der Waals surface area contributed by atoms with E-state index in [2.05, 4.69) is 5.32 Å². The summed E-state index contributed by atoms with van der Waals surface area (Å²) < 4.78 is 135. The van der Waals surface area contributed by atoms with Gasteiger partial charge in [0.2, 0.25) is 0 Å². The van der Waals surface area contributed by atoms with Gasteiger partial charge in [-0.3, -0.25) is 0 Å². The minimum atomic E-state index is -6.28. The third kappa shape index (κ3) is 4.23. The first-order valence-electron chi connectivity index (χ1n) is 11.2. The van der Waals surface area contributed by atoms with Crippen LogP contribution in [0.15, 0.2) is 41.3 Å². The summed E-state index contributed by atoms with van der Waals surface area (Å²) >= 11 is 0. The minimum absolute atomic E-state index is 0. The fraction of sp³-hybridized carbons (Fsp3) is 0.500. The topological polar surface area (TPSA) is 46.2 Å². The van der Waals surface area contributed by atoms with Crippen LogP contribution in [0.5, 0.6) is 0 Å². The number of halogens is 9. The normalized spacial score (nSPS) is 22.4. The maximum Gasteiger partial charge on any atom is 0.435 e. The largest absolute Gasteiger partial charge is 0.435 e. The Morgan fingerprint density at radius 1 is 0.973 bits per heavy atom. The molecular weight excluding hydrogens is 554 g/mol. The van der Waals surface area contributed by atoms with Crippen LogP contribution in [0.25, 0.3) is 0 Å². The lowest BCUT2D eigenvalue weighted by Crippen LogP contribution is -2.51. The Bertz CT molecular complexity index is 1280. The molecule has 206 valence electrons. The second-order valence-corrected chi connectivity index (χ2v) is 11.8. The molecule has 2 aromatic carbocycles. The monoisotopic (exact) mass is 577 g/mol. The fourth-order valence-electron chi connectivity index (χ4n) is 5.45. The third-order valence-electron chi connectivity index (χ3n) is 7.27. The van der Waals surface area contributed by atoms with Gasteiger partial charge in [0, 0.05) is 11.6 Å². The lowest BCUT2D eigenvalue weighted by atomic mass is 9.77. The SMILES string of the molecule is CC(C)c1cc(S(=O)(=O)C23CCNC2CCc2cc(C(F)(C(F)(F)F)C(F)(F)F)ccc23)ccc1F.Cl. The molecule has 3 nitrogen and oxygen atoms in total. The summed E-state index contributed by atoms with van der Waals surface area (Å²) in [4.78, 5) is -0.205. The first-order chi connectivity index (χ1) is 16.5. The molecule has 4 rings (SSSR count). The number of hydrogen-bond donors (Lipinski definition) is 1. The van der Waals surface area contributed by atoms with Gasteiger partial charge in [-0.05, 0) is 66.6 Å². The lowest BCUT2D eigenvalue weighted by Gasteiger charge is -2.41. The van der Waals surface area contributed by atoms with Crippen molar-refractivity contribution in [2.75, 3.05) is 6.54 Å². The van der Waals surface area contributed by atoms with E-state index in [-0.39, 0.29) is 65.7 Å². The van der Waals surface area contributed by atoms with Crippen molar-refractivity contribution < 1.29 is 43.5 Å². The van der Waals surface area contributed by atoms with Crippen LogP contribution in [0.3, 0.4) is 0 Å². The van der Waals surface area contributed by atoms with E-state index in [1.165, 1.54) is 6.07 Å². The van der Waals surface area contributed by atoms with E-state index in [0.717, 1.165) is 18.2 Å². The van der Waals surface area contributed by atoms with E-state index >= 15 is 0 Å². The molecule has 0 spiro atoms. The van der Waals surface area contributed by atoms with Gasteiger partial charge >= 0.3 is 18.0 Å². The number of hydrogen-bond acceptors (Lipinski definition) is 3. The molecule has 0 amide bonds. The molecule has 1 saturated heterocycles. The van der Waals surface area contributed by atoms with E-state index in [9.17, 15) is 43.5 Å². The first-order valence-corrected chi connectivity index (χ1v) is 12.7. The summed E-state index contributed by atoms with van der Waals surface area (Å²) in [5, 5.41) is 3.07. The average molecular weight is 578 g/mol. The van der Waals surface area contributed by atoms with Crippen LogP contribution in [-0.4, -0.2) is 33.4 Å². The molecular formula is C24H24ClF8NO2S. The molecule has 2 aromatic rings. The van der Waals surface area contributed by atoms with Gasteiger partial charge in [-0.1, -0.05) is 32.0 Å². The summed E-state index contributed by atoms with van der Waals surface area (Å²) in [5.41, 5.74) is -7.19. The molecule has 2 atom stereocenters. The van der Waals surface area contributed by atoms with Crippen LogP contribution < -0.4 is 5.32 Å². The summed E-state index contributed by atoms with van der Waals surface area (Å²) in [6, 6.07) is 4.35. The number of alkyl halides is 7. The Morgan fingerprint density at radius 2 is 1.59 bits per heavy atom. The van der Waals surface area contributed by atoms with Gasteiger partial charge in [0.05, 0.1) is 4.90 Å². The minimum Gasteiger partial charge on any atom is -0.312 e. The number of nitrogens with one attached hydrogen (secondary N) is 1. The molecule has 1 heterocycles. The zero-order valence-corrected chi connectivity index (χ0v) is 21.2. The number of benzene rings is 2. The zero-order valence-electron chi connectivity index (χ0n) is 19.6. The van der Waals surface area contributed by atoms with Crippen molar-refractivity contribution in [2.45, 2.75) is 72.7 Å². The van der Waals surface area contributed by atoms with Crippen molar-refractivity contribution in [2.24, 2.45) is 0 Å². The van der Waals surface area contributed by atoms with Crippen molar-refractivity contribution >= 4 is 22.2 Å². The quantitative estimate of drug-likeness (QED) is 0.327. The van der Waals surface area contributed by atoms with Gasteiger partial charge in [-0.15, -0.1) is 12.4 Å². The molecule has 0 saturated carbocycles. The number of sulfone groups is 1. The highest BCUT2D eigenvalue weighted by Crippen LogP contribution is 2.55. The summed E-state index contributed by atoms with van der Waals surface area (Å²) in [6.45, 7) is 3.57. The van der Waals surface area contributed by atoms with Crippen LogP contribution >= 0.6 is 12.4 Å². The molecule has 13 heteroatoms. The van der Waals surface area contributed by atoms with Crippen LogP contribution in [0.1, 0.15) is 54.9 Å². The Labute approximate surface area is 215 Å². The van der Waals surface area contributed by atoms with E-state index in [1.807, 2.05) is 0 Å². The van der Waals surface area contributed by atoms with Crippen LogP contribution in [-0.2, 0) is 26.7 Å². The molecule has 1 aliphatic carbocycles. The summed E-state index contributed by atoms with van der Waals surface area (Å²) in [6.07, 6.45) is -12.5. The van der Waals surface area contributed by atoms with Gasteiger partial charge in [0.1, 0.15) is 10.6 Å². The molecule has 0 bridgehead atoms. The molecule has 2 unspecified atom stereocenters. The summed E-state index contributed by atoms with van der Waals surface area (Å²) in [7, 11) is -4.32. The van der Waals surface area contributed by atoms with Gasteiger partial charge in [-0.2, -0.15) is 26.3 Å².